The van der Waals surface area contributed by atoms with Crippen LogP contribution in [0.2, 0.25) is 0 Å². The molecule has 0 aliphatic carbocycles. The summed E-state index contributed by atoms with van der Waals surface area (Å²) in [5, 5.41) is 11.3. The number of nitrogens with one attached hydrogen (secondary N) is 2. The second-order valence-electron chi connectivity index (χ2n) is 7.04. The number of rotatable bonds is 8. The molecule has 0 saturated carbocycles. The van der Waals surface area contributed by atoms with Gasteiger partial charge < -0.3 is 20.1 Å². The third-order valence-corrected chi connectivity index (χ3v) is 5.74. The third kappa shape index (κ3) is 8.23. The summed E-state index contributed by atoms with van der Waals surface area (Å²) < 4.78 is 11.2. The van der Waals surface area contributed by atoms with E-state index in [-0.39, 0.29) is 24.0 Å². The molecule has 1 unspecified atom stereocenters. The zero-order chi connectivity index (χ0) is 18.0. The lowest BCUT2D eigenvalue weighted by Crippen LogP contribution is -2.49. The Morgan fingerprint density at radius 3 is 2.89 bits per heavy atom. The number of piperidine rings is 1. The normalized spacial score (nSPS) is 21.8. The zero-order valence-corrected chi connectivity index (χ0v) is 19.3. The first-order valence-corrected chi connectivity index (χ1v) is 10.7. The second kappa shape index (κ2) is 12.9. The molecule has 3 heterocycles. The molecule has 2 fully saturated rings. The van der Waals surface area contributed by atoms with Gasteiger partial charge in [-0.25, -0.2) is 0 Å². The third-order valence-electron chi connectivity index (χ3n) is 5.00. The van der Waals surface area contributed by atoms with Crippen molar-refractivity contribution in [2.24, 2.45) is 4.99 Å². The Morgan fingerprint density at radius 1 is 1.37 bits per heavy atom. The fraction of sp³-hybridized carbons (Fsp3) is 0.737. The first kappa shape index (κ1) is 22.9. The Bertz CT molecular complexity index is 530. The van der Waals surface area contributed by atoms with Crippen LogP contribution in [0.4, 0.5) is 0 Å². The Morgan fingerprint density at radius 2 is 2.22 bits per heavy atom. The highest BCUT2D eigenvalue weighted by atomic mass is 127. The maximum Gasteiger partial charge on any atom is 0.191 e. The number of guanidine groups is 1. The molecule has 8 heteroatoms. The molecule has 3 rings (SSSR count). The maximum absolute atomic E-state index is 5.69. The number of halogens is 1. The largest absolute Gasteiger partial charge is 0.377 e. The predicted molar refractivity (Wildman–Crippen MR) is 122 cm³/mol. The summed E-state index contributed by atoms with van der Waals surface area (Å²) in [6, 6.07) is 2.72. The lowest BCUT2D eigenvalue weighted by atomic mass is 10.0. The number of nitrogens with zero attached hydrogens (tertiary/aromatic N) is 2. The fourth-order valence-electron chi connectivity index (χ4n) is 3.50. The highest BCUT2D eigenvalue weighted by Gasteiger charge is 2.20. The van der Waals surface area contributed by atoms with Crippen LogP contribution >= 0.6 is 35.3 Å². The molecule has 2 aliphatic rings. The van der Waals surface area contributed by atoms with Gasteiger partial charge >= 0.3 is 0 Å². The molecule has 2 aliphatic heterocycles. The van der Waals surface area contributed by atoms with Crippen molar-refractivity contribution in [1.29, 1.82) is 0 Å². The monoisotopic (exact) mass is 508 g/mol. The fourth-order valence-corrected chi connectivity index (χ4v) is 4.16. The minimum atomic E-state index is 0. The Kier molecular flexibility index (Phi) is 10.9. The first-order chi connectivity index (χ1) is 12.8. The van der Waals surface area contributed by atoms with Gasteiger partial charge in [0.05, 0.1) is 19.3 Å². The van der Waals surface area contributed by atoms with E-state index >= 15 is 0 Å². The van der Waals surface area contributed by atoms with Gasteiger partial charge in [0.1, 0.15) is 0 Å². The molecule has 0 spiro atoms. The molecule has 27 heavy (non-hydrogen) atoms. The molecule has 2 saturated heterocycles. The van der Waals surface area contributed by atoms with Crippen molar-refractivity contribution >= 4 is 41.3 Å². The van der Waals surface area contributed by atoms with Gasteiger partial charge in [0, 0.05) is 45.9 Å². The molecular formula is C19H33IN4O2S. The maximum atomic E-state index is 5.69. The summed E-state index contributed by atoms with van der Waals surface area (Å²) in [4.78, 5) is 6.88. The van der Waals surface area contributed by atoms with E-state index < -0.39 is 0 Å². The molecule has 1 aromatic rings. The summed E-state index contributed by atoms with van der Waals surface area (Å²) in [7, 11) is 1.83. The lowest BCUT2D eigenvalue weighted by molar-refractivity contribution is 0.0191. The summed E-state index contributed by atoms with van der Waals surface area (Å²) in [5.41, 5.74) is 1.43. The van der Waals surface area contributed by atoms with E-state index in [1.165, 1.54) is 5.56 Å². The summed E-state index contributed by atoms with van der Waals surface area (Å²) >= 11 is 1.78. The summed E-state index contributed by atoms with van der Waals surface area (Å²) in [6.07, 6.45) is 4.89. The highest BCUT2D eigenvalue weighted by Crippen LogP contribution is 2.15. The van der Waals surface area contributed by atoms with Crippen LogP contribution in [-0.2, 0) is 16.0 Å². The molecule has 0 amide bonds. The van der Waals surface area contributed by atoms with Crippen molar-refractivity contribution in [1.82, 2.24) is 15.5 Å². The number of hydrogen-bond donors (Lipinski definition) is 2. The minimum absolute atomic E-state index is 0. The van der Waals surface area contributed by atoms with Crippen LogP contribution in [0.1, 0.15) is 31.2 Å². The van der Waals surface area contributed by atoms with E-state index in [0.29, 0.717) is 25.4 Å². The second-order valence-corrected chi connectivity index (χ2v) is 7.82. The quantitative estimate of drug-likeness (QED) is 0.245. The average molecular weight is 508 g/mol. The molecule has 154 valence electrons. The number of hydrogen-bond acceptors (Lipinski definition) is 5. The van der Waals surface area contributed by atoms with Crippen molar-refractivity contribution in [2.45, 2.75) is 44.4 Å². The van der Waals surface area contributed by atoms with Gasteiger partial charge in [0.25, 0.3) is 0 Å². The average Bonchev–Trinajstić information content (AvgIpc) is 3.36. The van der Waals surface area contributed by atoms with Crippen molar-refractivity contribution in [2.75, 3.05) is 46.5 Å². The van der Waals surface area contributed by atoms with Gasteiger partial charge in [-0.2, -0.15) is 11.3 Å². The van der Waals surface area contributed by atoms with Gasteiger partial charge in [-0.1, -0.05) is 0 Å². The molecular weight excluding hydrogens is 475 g/mol. The molecule has 0 radical (unpaired) electrons. The van der Waals surface area contributed by atoms with Crippen molar-refractivity contribution < 1.29 is 9.47 Å². The van der Waals surface area contributed by atoms with Crippen molar-refractivity contribution in [3.63, 3.8) is 0 Å². The minimum Gasteiger partial charge on any atom is -0.377 e. The summed E-state index contributed by atoms with van der Waals surface area (Å²) in [5.74, 6) is 0.877. The van der Waals surface area contributed by atoms with E-state index in [9.17, 15) is 0 Å². The summed E-state index contributed by atoms with van der Waals surface area (Å²) in [6.45, 7) is 6.38. The Labute approximate surface area is 184 Å². The van der Waals surface area contributed by atoms with E-state index in [4.69, 9.17) is 9.47 Å². The van der Waals surface area contributed by atoms with Crippen LogP contribution in [0, 0.1) is 0 Å². The molecule has 0 aromatic carbocycles. The van der Waals surface area contributed by atoms with Gasteiger partial charge in [0.2, 0.25) is 0 Å². The van der Waals surface area contributed by atoms with Gasteiger partial charge in [-0.3, -0.25) is 9.89 Å². The van der Waals surface area contributed by atoms with Gasteiger partial charge in [-0.05, 0) is 48.1 Å². The molecule has 2 N–H and O–H groups in total. The number of thiophene rings is 1. The molecule has 1 aromatic heterocycles. The zero-order valence-electron chi connectivity index (χ0n) is 16.2. The Balaban J connectivity index is 0.00000261. The van der Waals surface area contributed by atoms with E-state index in [1.54, 1.807) is 11.3 Å². The molecule has 0 bridgehead atoms. The SMILES string of the molecule is CN=C(NCCOCC1CCCO1)NC1CCN(Cc2ccsc2)CC1.I. The lowest BCUT2D eigenvalue weighted by Gasteiger charge is -2.32. The van der Waals surface area contributed by atoms with E-state index in [0.717, 1.165) is 64.4 Å². The first-order valence-electron chi connectivity index (χ1n) is 9.73. The topological polar surface area (TPSA) is 58.1 Å². The van der Waals surface area contributed by atoms with Crippen molar-refractivity contribution in [3.8, 4) is 0 Å². The van der Waals surface area contributed by atoms with E-state index in [1.807, 2.05) is 7.05 Å². The number of aliphatic imine (C=N–C) groups is 1. The molecule has 1 atom stereocenters. The number of ether oxygens (including phenoxy) is 2. The van der Waals surface area contributed by atoms with Crippen molar-refractivity contribution in [3.05, 3.63) is 22.4 Å². The number of likely N-dealkylation sites (tertiary alicyclic amines) is 1. The van der Waals surface area contributed by atoms with Gasteiger partial charge in [0.15, 0.2) is 5.96 Å². The van der Waals surface area contributed by atoms with E-state index in [2.05, 4.69) is 37.4 Å². The predicted octanol–water partition coefficient (Wildman–Crippen LogP) is 2.69. The van der Waals surface area contributed by atoms with Crippen LogP contribution in [-0.4, -0.2) is 69.5 Å². The standard InChI is InChI=1S/C19H32N4O2S.HI/c1-20-19(21-7-11-24-14-18-3-2-10-25-18)22-17-4-8-23(9-5-17)13-16-6-12-26-15-16;/h6,12,15,17-18H,2-5,7-11,13-14H2,1H3,(H2,20,21,22);1H. The highest BCUT2D eigenvalue weighted by molar-refractivity contribution is 14.0. The smallest absolute Gasteiger partial charge is 0.191 e. The van der Waals surface area contributed by atoms with Crippen LogP contribution in [0.3, 0.4) is 0 Å². The van der Waals surface area contributed by atoms with Crippen LogP contribution in [0.15, 0.2) is 21.8 Å². The van der Waals surface area contributed by atoms with Crippen LogP contribution < -0.4 is 10.6 Å². The Hall–Kier alpha value is -0.420. The van der Waals surface area contributed by atoms with Crippen LogP contribution in [0.25, 0.3) is 0 Å². The van der Waals surface area contributed by atoms with Crippen LogP contribution in [0.5, 0.6) is 0 Å². The van der Waals surface area contributed by atoms with Gasteiger partial charge in [-0.15, -0.1) is 24.0 Å². The molecule has 6 nitrogen and oxygen atoms in total.